The SMILES string of the molecule is Cl.N[C@H](c1ccc(C(F)(F)F)c(F)c1)C1CCC1. The Hall–Kier alpha value is -0.810. The fraction of sp³-hybridized carbons (Fsp3) is 0.500. The number of hydrogen-bond acceptors (Lipinski definition) is 1. The van der Waals surface area contributed by atoms with Crippen molar-refractivity contribution in [2.24, 2.45) is 11.7 Å². The molecule has 0 unspecified atom stereocenters. The van der Waals surface area contributed by atoms with Gasteiger partial charge in [-0.3, -0.25) is 0 Å². The minimum absolute atomic E-state index is 0. The third-order valence-corrected chi connectivity index (χ3v) is 3.34. The summed E-state index contributed by atoms with van der Waals surface area (Å²) >= 11 is 0. The molecule has 1 atom stereocenters. The molecule has 0 saturated heterocycles. The predicted molar refractivity (Wildman–Crippen MR) is 62.9 cm³/mol. The highest BCUT2D eigenvalue weighted by atomic mass is 35.5. The number of nitrogens with two attached hydrogens (primary N) is 1. The molecule has 18 heavy (non-hydrogen) atoms. The van der Waals surface area contributed by atoms with Crippen molar-refractivity contribution < 1.29 is 17.6 Å². The predicted octanol–water partition coefficient (Wildman–Crippen LogP) is 4.07. The van der Waals surface area contributed by atoms with Crippen LogP contribution in [-0.2, 0) is 6.18 Å². The molecule has 0 aliphatic heterocycles. The van der Waals surface area contributed by atoms with E-state index in [4.69, 9.17) is 5.73 Å². The van der Waals surface area contributed by atoms with Gasteiger partial charge in [-0.1, -0.05) is 12.5 Å². The summed E-state index contributed by atoms with van der Waals surface area (Å²) in [4.78, 5) is 0. The molecule has 6 heteroatoms. The molecule has 2 N–H and O–H groups in total. The van der Waals surface area contributed by atoms with E-state index >= 15 is 0 Å². The molecule has 1 aliphatic rings. The van der Waals surface area contributed by atoms with Crippen LogP contribution < -0.4 is 5.73 Å². The summed E-state index contributed by atoms with van der Waals surface area (Å²) in [5.74, 6) is -0.976. The Morgan fingerprint density at radius 3 is 2.22 bits per heavy atom. The van der Waals surface area contributed by atoms with Crippen molar-refractivity contribution in [3.63, 3.8) is 0 Å². The minimum atomic E-state index is -4.65. The van der Waals surface area contributed by atoms with Gasteiger partial charge in [-0.05, 0) is 36.5 Å². The summed E-state index contributed by atoms with van der Waals surface area (Å²) in [6.45, 7) is 0. The summed E-state index contributed by atoms with van der Waals surface area (Å²) in [5, 5.41) is 0. The molecule has 0 heterocycles. The zero-order valence-corrected chi connectivity index (χ0v) is 10.3. The van der Waals surface area contributed by atoms with Gasteiger partial charge in [-0.25, -0.2) is 4.39 Å². The Morgan fingerprint density at radius 1 is 1.22 bits per heavy atom. The second-order valence-corrected chi connectivity index (χ2v) is 4.45. The second kappa shape index (κ2) is 5.45. The molecule has 1 aromatic rings. The lowest BCUT2D eigenvalue weighted by atomic mass is 9.77. The highest BCUT2D eigenvalue weighted by Crippen LogP contribution is 2.38. The maximum absolute atomic E-state index is 13.3. The van der Waals surface area contributed by atoms with Crippen molar-refractivity contribution in [3.05, 3.63) is 35.1 Å². The van der Waals surface area contributed by atoms with Gasteiger partial charge >= 0.3 is 6.18 Å². The van der Waals surface area contributed by atoms with Crippen LogP contribution in [0.15, 0.2) is 18.2 Å². The van der Waals surface area contributed by atoms with E-state index in [2.05, 4.69) is 0 Å². The molecule has 1 aliphatic carbocycles. The van der Waals surface area contributed by atoms with Crippen molar-refractivity contribution >= 4 is 12.4 Å². The summed E-state index contributed by atoms with van der Waals surface area (Å²) < 4.78 is 50.4. The fourth-order valence-corrected chi connectivity index (χ4v) is 2.04. The van der Waals surface area contributed by atoms with E-state index in [1.165, 1.54) is 6.07 Å². The zero-order chi connectivity index (χ0) is 12.6. The van der Waals surface area contributed by atoms with Crippen LogP contribution in [0.1, 0.15) is 36.4 Å². The number of halogens is 5. The minimum Gasteiger partial charge on any atom is -0.324 e. The van der Waals surface area contributed by atoms with Crippen LogP contribution in [0.25, 0.3) is 0 Å². The summed E-state index contributed by atoms with van der Waals surface area (Å²) in [6, 6.07) is 2.59. The van der Waals surface area contributed by atoms with Crippen LogP contribution in [0.4, 0.5) is 17.6 Å². The Morgan fingerprint density at radius 2 is 1.83 bits per heavy atom. The first-order valence-electron chi connectivity index (χ1n) is 5.52. The average Bonchev–Trinajstić information content (AvgIpc) is 2.12. The Bertz CT molecular complexity index is 415. The quantitative estimate of drug-likeness (QED) is 0.814. The second-order valence-electron chi connectivity index (χ2n) is 4.45. The van der Waals surface area contributed by atoms with Crippen LogP contribution in [0.2, 0.25) is 0 Å². The lowest BCUT2D eigenvalue weighted by Gasteiger charge is -2.31. The third kappa shape index (κ3) is 2.95. The molecule has 0 spiro atoms. The van der Waals surface area contributed by atoms with Crippen LogP contribution in [-0.4, -0.2) is 0 Å². The number of alkyl halides is 3. The molecule has 102 valence electrons. The molecular weight excluding hydrogens is 270 g/mol. The van der Waals surface area contributed by atoms with Crippen molar-refractivity contribution in [3.8, 4) is 0 Å². The standard InChI is InChI=1S/C12H13F4N.ClH/c13-10-6-8(11(17)7-2-1-3-7)4-5-9(10)12(14,15)16;/h4-7,11H,1-3,17H2;1H/t11-;/m0./s1. The molecule has 0 amide bonds. The Labute approximate surface area is 109 Å². The van der Waals surface area contributed by atoms with Gasteiger partial charge in [0.2, 0.25) is 0 Å². The highest BCUT2D eigenvalue weighted by molar-refractivity contribution is 5.85. The largest absolute Gasteiger partial charge is 0.419 e. The summed E-state index contributed by atoms with van der Waals surface area (Å²) in [5.41, 5.74) is 5.09. The smallest absolute Gasteiger partial charge is 0.324 e. The van der Waals surface area contributed by atoms with Crippen LogP contribution >= 0.6 is 12.4 Å². The van der Waals surface area contributed by atoms with Crippen LogP contribution in [0.5, 0.6) is 0 Å². The molecule has 1 nitrogen and oxygen atoms in total. The van der Waals surface area contributed by atoms with Crippen LogP contribution in [0, 0.1) is 11.7 Å². The summed E-state index contributed by atoms with van der Waals surface area (Å²) in [7, 11) is 0. The van der Waals surface area contributed by atoms with Gasteiger partial charge in [-0.2, -0.15) is 13.2 Å². The van der Waals surface area contributed by atoms with Crippen molar-refractivity contribution in [1.29, 1.82) is 0 Å². The maximum atomic E-state index is 13.3. The lowest BCUT2D eigenvalue weighted by molar-refractivity contribution is -0.140. The molecular formula is C12H14ClF4N. The van der Waals surface area contributed by atoms with E-state index in [0.717, 1.165) is 31.4 Å². The zero-order valence-electron chi connectivity index (χ0n) is 9.51. The average molecular weight is 284 g/mol. The van der Waals surface area contributed by atoms with Gasteiger partial charge in [0, 0.05) is 6.04 Å². The molecule has 0 aromatic heterocycles. The monoisotopic (exact) mass is 283 g/mol. The van der Waals surface area contributed by atoms with Gasteiger partial charge in [0.15, 0.2) is 0 Å². The lowest BCUT2D eigenvalue weighted by Crippen LogP contribution is -2.27. The van der Waals surface area contributed by atoms with E-state index in [-0.39, 0.29) is 24.4 Å². The summed E-state index contributed by atoms with van der Waals surface area (Å²) in [6.07, 6.45) is -1.64. The van der Waals surface area contributed by atoms with Gasteiger partial charge < -0.3 is 5.73 Å². The molecule has 1 aromatic carbocycles. The first-order valence-corrected chi connectivity index (χ1v) is 5.52. The van der Waals surface area contributed by atoms with E-state index in [9.17, 15) is 17.6 Å². The molecule has 0 radical (unpaired) electrons. The first kappa shape index (κ1) is 15.2. The van der Waals surface area contributed by atoms with Crippen molar-refractivity contribution in [2.45, 2.75) is 31.5 Å². The molecule has 2 rings (SSSR count). The highest BCUT2D eigenvalue weighted by Gasteiger charge is 2.34. The van der Waals surface area contributed by atoms with Gasteiger partial charge in [0.25, 0.3) is 0 Å². The topological polar surface area (TPSA) is 26.0 Å². The normalized spacial score (nSPS) is 17.8. The van der Waals surface area contributed by atoms with E-state index in [1.54, 1.807) is 0 Å². The van der Waals surface area contributed by atoms with Crippen molar-refractivity contribution in [1.82, 2.24) is 0 Å². The van der Waals surface area contributed by atoms with E-state index in [0.29, 0.717) is 5.56 Å². The molecule has 1 saturated carbocycles. The van der Waals surface area contributed by atoms with Gasteiger partial charge in [0.1, 0.15) is 5.82 Å². The number of rotatable bonds is 2. The Kier molecular flexibility index (Phi) is 4.61. The van der Waals surface area contributed by atoms with E-state index < -0.39 is 17.6 Å². The third-order valence-electron chi connectivity index (χ3n) is 3.34. The Balaban J connectivity index is 0.00000162. The van der Waals surface area contributed by atoms with Gasteiger partial charge in [-0.15, -0.1) is 12.4 Å². The fourth-order valence-electron chi connectivity index (χ4n) is 2.04. The van der Waals surface area contributed by atoms with Crippen molar-refractivity contribution in [2.75, 3.05) is 0 Å². The van der Waals surface area contributed by atoms with Crippen LogP contribution in [0.3, 0.4) is 0 Å². The number of hydrogen-bond donors (Lipinski definition) is 1. The molecule has 1 fully saturated rings. The number of benzene rings is 1. The first-order chi connectivity index (χ1) is 7.89. The molecule has 0 bridgehead atoms. The van der Waals surface area contributed by atoms with E-state index in [1.807, 2.05) is 0 Å². The van der Waals surface area contributed by atoms with Gasteiger partial charge in [0.05, 0.1) is 5.56 Å². The maximum Gasteiger partial charge on any atom is 0.419 e.